The first-order chi connectivity index (χ1) is 12.8. The van der Waals surface area contributed by atoms with Crippen LogP contribution in [-0.2, 0) is 0 Å². The van der Waals surface area contributed by atoms with E-state index in [1.54, 1.807) is 12.4 Å². The van der Waals surface area contributed by atoms with Crippen molar-refractivity contribution < 1.29 is 5.11 Å². The molecule has 134 valence electrons. The molecule has 5 nitrogen and oxygen atoms in total. The van der Waals surface area contributed by atoms with Gasteiger partial charge in [-0.2, -0.15) is 0 Å². The van der Waals surface area contributed by atoms with Crippen molar-refractivity contribution in [2.24, 2.45) is 0 Å². The topological polar surface area (TPSA) is 52.5 Å². The molecular formula is C21H24N4O. The highest BCUT2D eigenvalue weighted by atomic mass is 16.3. The maximum Gasteiger partial charge on any atom is 0.146 e. The second kappa shape index (κ2) is 7.40. The first kappa shape index (κ1) is 16.9. The number of benzene rings is 1. The Labute approximate surface area is 153 Å². The largest absolute Gasteiger partial charge is 0.505 e. The van der Waals surface area contributed by atoms with Gasteiger partial charge in [-0.05, 0) is 24.2 Å². The average Bonchev–Trinajstić information content (AvgIpc) is 2.71. The van der Waals surface area contributed by atoms with E-state index in [0.717, 1.165) is 49.2 Å². The minimum atomic E-state index is -0.0193. The second-order valence-corrected chi connectivity index (χ2v) is 6.74. The summed E-state index contributed by atoms with van der Waals surface area (Å²) < 4.78 is 0. The van der Waals surface area contributed by atoms with E-state index < -0.39 is 0 Å². The molecule has 2 aromatic heterocycles. The van der Waals surface area contributed by atoms with Crippen LogP contribution in [0, 0.1) is 0 Å². The number of phenolic OH excluding ortho intramolecular Hbond substituents is 1. The van der Waals surface area contributed by atoms with Gasteiger partial charge < -0.3 is 10.0 Å². The zero-order chi connectivity index (χ0) is 17.9. The van der Waals surface area contributed by atoms with Crippen LogP contribution in [0.15, 0.2) is 55.0 Å². The van der Waals surface area contributed by atoms with Gasteiger partial charge in [0, 0.05) is 55.7 Å². The van der Waals surface area contributed by atoms with Gasteiger partial charge in [0.1, 0.15) is 11.3 Å². The van der Waals surface area contributed by atoms with Gasteiger partial charge in [0.25, 0.3) is 0 Å². The number of aromatic hydroxyl groups is 1. The van der Waals surface area contributed by atoms with Gasteiger partial charge in [-0.15, -0.1) is 0 Å². The van der Waals surface area contributed by atoms with Gasteiger partial charge in [-0.1, -0.05) is 31.2 Å². The van der Waals surface area contributed by atoms with Crippen LogP contribution in [0.4, 0.5) is 0 Å². The van der Waals surface area contributed by atoms with Crippen LogP contribution in [0.2, 0.25) is 0 Å². The quantitative estimate of drug-likeness (QED) is 0.785. The Balaban J connectivity index is 1.78. The molecule has 26 heavy (non-hydrogen) atoms. The second-order valence-electron chi connectivity index (χ2n) is 6.74. The first-order valence-electron chi connectivity index (χ1n) is 9.21. The van der Waals surface area contributed by atoms with Crippen LogP contribution in [0.5, 0.6) is 5.75 Å². The Morgan fingerprint density at radius 3 is 2.58 bits per heavy atom. The highest BCUT2D eigenvalue weighted by Crippen LogP contribution is 2.37. The van der Waals surface area contributed by atoms with Crippen molar-refractivity contribution in [1.29, 1.82) is 0 Å². The number of hydrogen-bond donors (Lipinski definition) is 1. The van der Waals surface area contributed by atoms with Gasteiger partial charge in [-0.3, -0.25) is 14.9 Å². The number of hydrogen-bond acceptors (Lipinski definition) is 5. The van der Waals surface area contributed by atoms with Crippen LogP contribution in [0.1, 0.15) is 24.1 Å². The smallest absolute Gasteiger partial charge is 0.146 e. The molecule has 3 aromatic rings. The van der Waals surface area contributed by atoms with Crippen LogP contribution in [0.25, 0.3) is 10.9 Å². The highest BCUT2D eigenvalue weighted by Gasteiger charge is 2.28. The van der Waals surface area contributed by atoms with Crippen LogP contribution in [0.3, 0.4) is 0 Å². The van der Waals surface area contributed by atoms with E-state index in [0.29, 0.717) is 5.52 Å². The molecule has 1 aliphatic rings. The van der Waals surface area contributed by atoms with Gasteiger partial charge in [0.15, 0.2) is 0 Å². The fraction of sp³-hybridized carbons (Fsp3) is 0.333. The van der Waals surface area contributed by atoms with Crippen molar-refractivity contribution in [3.63, 3.8) is 0 Å². The molecule has 1 atom stereocenters. The van der Waals surface area contributed by atoms with E-state index in [-0.39, 0.29) is 11.8 Å². The summed E-state index contributed by atoms with van der Waals surface area (Å²) in [6, 6.07) is 12.0. The van der Waals surface area contributed by atoms with Gasteiger partial charge >= 0.3 is 0 Å². The van der Waals surface area contributed by atoms with Gasteiger partial charge in [0.05, 0.1) is 6.04 Å². The summed E-state index contributed by atoms with van der Waals surface area (Å²) in [5.41, 5.74) is 2.66. The lowest BCUT2D eigenvalue weighted by molar-refractivity contribution is 0.112. The van der Waals surface area contributed by atoms with Crippen molar-refractivity contribution in [2.75, 3.05) is 32.7 Å². The Morgan fingerprint density at radius 2 is 1.85 bits per heavy atom. The summed E-state index contributed by atoms with van der Waals surface area (Å²) >= 11 is 0. The molecule has 0 bridgehead atoms. The zero-order valence-corrected chi connectivity index (χ0v) is 15.0. The third kappa shape index (κ3) is 3.16. The molecule has 1 N–H and O–H groups in total. The third-order valence-corrected chi connectivity index (χ3v) is 5.29. The van der Waals surface area contributed by atoms with E-state index in [2.05, 4.69) is 32.8 Å². The summed E-state index contributed by atoms with van der Waals surface area (Å²) in [6.45, 7) is 7.30. The molecule has 5 heteroatoms. The molecule has 1 unspecified atom stereocenters. The van der Waals surface area contributed by atoms with E-state index >= 15 is 0 Å². The monoisotopic (exact) mass is 348 g/mol. The molecule has 1 fully saturated rings. The van der Waals surface area contributed by atoms with E-state index in [1.807, 2.05) is 36.5 Å². The Kier molecular flexibility index (Phi) is 4.82. The summed E-state index contributed by atoms with van der Waals surface area (Å²) in [5, 5.41) is 11.9. The molecule has 0 amide bonds. The minimum absolute atomic E-state index is 0.0193. The molecule has 3 heterocycles. The number of phenols is 1. The predicted octanol–water partition coefficient (Wildman–Crippen LogP) is 3.06. The molecule has 0 saturated carbocycles. The summed E-state index contributed by atoms with van der Waals surface area (Å²) in [4.78, 5) is 13.6. The molecule has 0 aliphatic carbocycles. The van der Waals surface area contributed by atoms with Crippen molar-refractivity contribution in [2.45, 2.75) is 13.0 Å². The fourth-order valence-corrected chi connectivity index (χ4v) is 3.83. The third-order valence-electron chi connectivity index (χ3n) is 5.29. The number of pyridine rings is 2. The Morgan fingerprint density at radius 1 is 1.04 bits per heavy atom. The van der Waals surface area contributed by atoms with Crippen molar-refractivity contribution in [3.05, 3.63) is 66.1 Å². The highest BCUT2D eigenvalue weighted by molar-refractivity contribution is 5.85. The van der Waals surface area contributed by atoms with Gasteiger partial charge in [0.2, 0.25) is 0 Å². The lowest BCUT2D eigenvalue weighted by Gasteiger charge is -2.39. The molecule has 4 rings (SSSR count). The maximum atomic E-state index is 11.0. The Hall–Kier alpha value is -2.50. The fourth-order valence-electron chi connectivity index (χ4n) is 3.83. The lowest BCUT2D eigenvalue weighted by Crippen LogP contribution is -2.47. The molecule has 1 saturated heterocycles. The first-order valence-corrected chi connectivity index (χ1v) is 9.21. The lowest BCUT2D eigenvalue weighted by atomic mass is 9.95. The SMILES string of the molecule is CCN1CCN(C(c2cccnc2)c2ccc3cccnc3c2O)CC1. The molecule has 1 aromatic carbocycles. The zero-order valence-electron chi connectivity index (χ0n) is 15.0. The van der Waals surface area contributed by atoms with Crippen LogP contribution < -0.4 is 0 Å². The van der Waals surface area contributed by atoms with E-state index in [9.17, 15) is 5.11 Å². The minimum Gasteiger partial charge on any atom is -0.505 e. The van der Waals surface area contributed by atoms with Gasteiger partial charge in [-0.25, -0.2) is 0 Å². The number of fused-ring (bicyclic) bond motifs is 1. The van der Waals surface area contributed by atoms with Crippen molar-refractivity contribution >= 4 is 10.9 Å². The maximum absolute atomic E-state index is 11.0. The van der Waals surface area contributed by atoms with Crippen molar-refractivity contribution in [3.8, 4) is 5.75 Å². The summed E-state index contributed by atoms with van der Waals surface area (Å²) in [6.07, 6.45) is 5.42. The number of likely N-dealkylation sites (N-methyl/N-ethyl adjacent to an activating group) is 1. The number of piperazine rings is 1. The number of rotatable bonds is 4. The van der Waals surface area contributed by atoms with Crippen molar-refractivity contribution in [1.82, 2.24) is 19.8 Å². The van der Waals surface area contributed by atoms with Crippen LogP contribution >= 0.6 is 0 Å². The van der Waals surface area contributed by atoms with E-state index in [1.165, 1.54) is 0 Å². The Bertz CT molecular complexity index is 876. The molecule has 1 aliphatic heterocycles. The average molecular weight is 348 g/mol. The standard InChI is InChI=1S/C21H24N4O/c1-2-24-11-13-25(14-12-24)20(17-6-3-9-22-15-17)18-8-7-16-5-4-10-23-19(16)21(18)26/h3-10,15,20,26H,2,11-14H2,1H3. The normalized spacial score (nSPS) is 17.4. The summed E-state index contributed by atoms with van der Waals surface area (Å²) in [7, 11) is 0. The van der Waals surface area contributed by atoms with E-state index in [4.69, 9.17) is 0 Å². The van der Waals surface area contributed by atoms with Crippen LogP contribution in [-0.4, -0.2) is 57.6 Å². The molecule has 0 radical (unpaired) electrons. The summed E-state index contributed by atoms with van der Waals surface area (Å²) in [5.74, 6) is 0.273. The number of aromatic nitrogens is 2. The molecular weight excluding hydrogens is 324 g/mol. The predicted molar refractivity (Wildman–Crippen MR) is 103 cm³/mol. The molecule has 0 spiro atoms. The number of nitrogens with zero attached hydrogens (tertiary/aromatic N) is 4.